The molecule has 0 spiro atoms. The Morgan fingerprint density at radius 2 is 1.88 bits per heavy atom. The van der Waals surface area contributed by atoms with E-state index in [1.165, 1.54) is 7.05 Å². The number of fused-ring (bicyclic) bond motifs is 1. The normalized spacial score (nSPS) is 31.2. The number of ether oxygens (including phenoxy) is 2. The fourth-order valence-corrected chi connectivity index (χ4v) is 3.85. The predicted octanol–water partition coefficient (Wildman–Crippen LogP) is 0.892. The molecule has 1 aromatic rings. The summed E-state index contributed by atoms with van der Waals surface area (Å²) in [6.45, 7) is 3.55. The molecule has 2 saturated heterocycles. The van der Waals surface area contributed by atoms with Crippen LogP contribution in [0, 0.1) is 11.8 Å². The molecule has 4 atom stereocenters. The lowest BCUT2D eigenvalue weighted by Gasteiger charge is -2.28. The van der Waals surface area contributed by atoms with Crippen LogP contribution in [0.15, 0.2) is 24.3 Å². The maximum atomic E-state index is 12.7. The first-order valence-electron chi connectivity index (χ1n) is 8.25. The van der Waals surface area contributed by atoms with Crippen molar-refractivity contribution in [3.05, 3.63) is 29.8 Å². The number of methoxy groups -OCH3 is 1. The fourth-order valence-electron chi connectivity index (χ4n) is 3.85. The zero-order valence-electron chi connectivity index (χ0n) is 14.7. The monoisotopic (exact) mass is 346 g/mol. The summed E-state index contributed by atoms with van der Waals surface area (Å²) in [4.78, 5) is 39.0. The molecule has 1 aromatic carbocycles. The van der Waals surface area contributed by atoms with Gasteiger partial charge in [-0.3, -0.25) is 24.6 Å². The number of rotatable bonds is 4. The number of carbonyl (C=O) groups is 3. The average Bonchev–Trinajstić information content (AvgIpc) is 3.05. The molecular formula is C18H22N2O5. The number of likely N-dealkylation sites (tertiary alicyclic amines) is 1. The summed E-state index contributed by atoms with van der Waals surface area (Å²) in [6, 6.07) is 6.79. The van der Waals surface area contributed by atoms with E-state index in [2.05, 4.69) is 5.32 Å². The second-order valence-electron chi connectivity index (χ2n) is 6.56. The lowest BCUT2D eigenvalue weighted by molar-refractivity contribution is -0.155. The van der Waals surface area contributed by atoms with Gasteiger partial charge in [0.1, 0.15) is 11.3 Å². The third-order valence-electron chi connectivity index (χ3n) is 5.18. The van der Waals surface area contributed by atoms with Crippen molar-refractivity contribution in [2.75, 3.05) is 20.8 Å². The van der Waals surface area contributed by atoms with E-state index >= 15 is 0 Å². The molecule has 25 heavy (non-hydrogen) atoms. The first-order chi connectivity index (χ1) is 11.8. The molecule has 0 bridgehead atoms. The van der Waals surface area contributed by atoms with Gasteiger partial charge in [0.25, 0.3) is 0 Å². The van der Waals surface area contributed by atoms with Crippen molar-refractivity contribution in [3.63, 3.8) is 0 Å². The third-order valence-corrected chi connectivity index (χ3v) is 5.18. The van der Waals surface area contributed by atoms with Crippen LogP contribution in [0.2, 0.25) is 0 Å². The Labute approximate surface area is 146 Å². The van der Waals surface area contributed by atoms with Crippen LogP contribution in [0.25, 0.3) is 0 Å². The number of imide groups is 1. The topological polar surface area (TPSA) is 84.9 Å². The SMILES string of the molecule is CCOC(=O)[C@]1(C)N[C@@H](c2ccc(OC)cc2)[C@H]2C(=O)N(C)C(=O)[C@@H]21. The Morgan fingerprint density at radius 1 is 1.24 bits per heavy atom. The molecule has 7 nitrogen and oxygen atoms in total. The number of benzene rings is 1. The van der Waals surface area contributed by atoms with Crippen molar-refractivity contribution in [1.29, 1.82) is 0 Å². The highest BCUT2D eigenvalue weighted by molar-refractivity contribution is 6.09. The molecule has 2 amide bonds. The summed E-state index contributed by atoms with van der Waals surface area (Å²) < 4.78 is 10.3. The van der Waals surface area contributed by atoms with Gasteiger partial charge in [0, 0.05) is 13.1 Å². The van der Waals surface area contributed by atoms with E-state index in [0.29, 0.717) is 5.75 Å². The number of hydrogen-bond donors (Lipinski definition) is 1. The Hall–Kier alpha value is -2.41. The van der Waals surface area contributed by atoms with Gasteiger partial charge in [0.2, 0.25) is 11.8 Å². The van der Waals surface area contributed by atoms with Crippen LogP contribution < -0.4 is 10.1 Å². The molecule has 2 aliphatic heterocycles. The molecule has 0 aromatic heterocycles. The lowest BCUT2D eigenvalue weighted by atomic mass is 9.80. The van der Waals surface area contributed by atoms with Crippen LogP contribution in [-0.4, -0.2) is 49.0 Å². The lowest BCUT2D eigenvalue weighted by Crippen LogP contribution is -2.53. The van der Waals surface area contributed by atoms with Gasteiger partial charge in [-0.05, 0) is 31.5 Å². The van der Waals surface area contributed by atoms with Gasteiger partial charge in [-0.25, -0.2) is 0 Å². The third kappa shape index (κ3) is 2.50. The molecule has 134 valence electrons. The molecule has 0 saturated carbocycles. The molecule has 1 N–H and O–H groups in total. The molecule has 2 fully saturated rings. The Kier molecular flexibility index (Phi) is 4.28. The van der Waals surface area contributed by atoms with Gasteiger partial charge in [-0.2, -0.15) is 0 Å². The zero-order valence-corrected chi connectivity index (χ0v) is 14.7. The van der Waals surface area contributed by atoms with Gasteiger partial charge >= 0.3 is 5.97 Å². The second kappa shape index (κ2) is 6.15. The van der Waals surface area contributed by atoms with E-state index in [0.717, 1.165) is 10.5 Å². The minimum Gasteiger partial charge on any atom is -0.497 e. The molecule has 0 unspecified atom stereocenters. The van der Waals surface area contributed by atoms with Crippen LogP contribution in [0.5, 0.6) is 5.75 Å². The van der Waals surface area contributed by atoms with E-state index in [1.807, 2.05) is 12.1 Å². The van der Waals surface area contributed by atoms with Crippen molar-refractivity contribution >= 4 is 17.8 Å². The second-order valence-corrected chi connectivity index (χ2v) is 6.56. The number of nitrogens with one attached hydrogen (secondary N) is 1. The van der Waals surface area contributed by atoms with Crippen LogP contribution in [0.3, 0.4) is 0 Å². The van der Waals surface area contributed by atoms with Crippen LogP contribution in [-0.2, 0) is 19.1 Å². The largest absolute Gasteiger partial charge is 0.497 e. The number of hydrogen-bond acceptors (Lipinski definition) is 6. The summed E-state index contributed by atoms with van der Waals surface area (Å²) >= 11 is 0. The fraction of sp³-hybridized carbons (Fsp3) is 0.500. The van der Waals surface area contributed by atoms with Crippen LogP contribution >= 0.6 is 0 Å². The highest BCUT2D eigenvalue weighted by atomic mass is 16.5. The van der Waals surface area contributed by atoms with Gasteiger partial charge < -0.3 is 9.47 Å². The average molecular weight is 346 g/mol. The highest BCUT2D eigenvalue weighted by Crippen LogP contribution is 2.48. The van der Waals surface area contributed by atoms with Gasteiger partial charge in [0.05, 0.1) is 25.6 Å². The van der Waals surface area contributed by atoms with E-state index in [4.69, 9.17) is 9.47 Å². The van der Waals surface area contributed by atoms with Crippen molar-refractivity contribution < 1.29 is 23.9 Å². The maximum Gasteiger partial charge on any atom is 0.326 e. The molecule has 2 aliphatic rings. The summed E-state index contributed by atoms with van der Waals surface area (Å²) in [5.74, 6) is -1.88. The summed E-state index contributed by atoms with van der Waals surface area (Å²) in [5, 5.41) is 3.21. The van der Waals surface area contributed by atoms with Crippen molar-refractivity contribution in [2.45, 2.75) is 25.4 Å². The number of amides is 2. The smallest absolute Gasteiger partial charge is 0.326 e. The minimum atomic E-state index is -1.25. The molecule has 0 radical (unpaired) electrons. The molecular weight excluding hydrogens is 324 g/mol. The predicted molar refractivity (Wildman–Crippen MR) is 88.7 cm³/mol. The Bertz CT molecular complexity index is 717. The van der Waals surface area contributed by atoms with Crippen molar-refractivity contribution in [3.8, 4) is 5.75 Å². The maximum absolute atomic E-state index is 12.7. The van der Waals surface area contributed by atoms with E-state index < -0.39 is 29.4 Å². The van der Waals surface area contributed by atoms with E-state index in [-0.39, 0.29) is 18.4 Å². The molecule has 2 heterocycles. The van der Waals surface area contributed by atoms with Gasteiger partial charge in [-0.1, -0.05) is 12.1 Å². The number of esters is 1. The first-order valence-corrected chi connectivity index (χ1v) is 8.25. The number of nitrogens with zero attached hydrogens (tertiary/aromatic N) is 1. The molecule has 0 aliphatic carbocycles. The van der Waals surface area contributed by atoms with Crippen molar-refractivity contribution in [2.24, 2.45) is 11.8 Å². The zero-order chi connectivity index (χ0) is 18.4. The quantitative estimate of drug-likeness (QED) is 0.644. The summed E-state index contributed by atoms with van der Waals surface area (Å²) in [6.07, 6.45) is 0. The standard InChI is InChI=1S/C18H22N2O5/c1-5-25-17(23)18(2)13-12(15(21)20(3)16(13)22)14(19-18)10-6-8-11(24-4)9-7-10/h6-9,12-14,19H,5H2,1-4H3/t12-,13+,14-,18+/m0/s1. The summed E-state index contributed by atoms with van der Waals surface area (Å²) in [7, 11) is 3.03. The molecule has 7 heteroatoms. The van der Waals surface area contributed by atoms with E-state index in [1.54, 1.807) is 33.1 Å². The summed E-state index contributed by atoms with van der Waals surface area (Å²) in [5.41, 5.74) is -0.428. The first kappa shape index (κ1) is 17.4. The highest BCUT2D eigenvalue weighted by Gasteiger charge is 2.66. The van der Waals surface area contributed by atoms with Crippen molar-refractivity contribution in [1.82, 2.24) is 10.2 Å². The Morgan fingerprint density at radius 3 is 2.44 bits per heavy atom. The number of carbonyl (C=O) groups excluding carboxylic acids is 3. The minimum absolute atomic E-state index is 0.207. The van der Waals surface area contributed by atoms with Crippen LogP contribution in [0.4, 0.5) is 0 Å². The van der Waals surface area contributed by atoms with E-state index in [9.17, 15) is 14.4 Å². The van der Waals surface area contributed by atoms with Gasteiger partial charge in [-0.15, -0.1) is 0 Å². The van der Waals surface area contributed by atoms with Crippen LogP contribution in [0.1, 0.15) is 25.5 Å². The molecule has 3 rings (SSSR count). The Balaban J connectivity index is 2.03. The van der Waals surface area contributed by atoms with Gasteiger partial charge in [0.15, 0.2) is 0 Å².